The van der Waals surface area contributed by atoms with Crippen molar-refractivity contribution in [2.75, 3.05) is 13.7 Å². The third-order valence-corrected chi connectivity index (χ3v) is 2.47. The SMILES string of the molecule is COCc1cccc(CNC(C)(C)CO)c1. The van der Waals surface area contributed by atoms with Crippen molar-refractivity contribution in [3.8, 4) is 0 Å². The third kappa shape index (κ3) is 4.31. The molecule has 0 saturated heterocycles. The summed E-state index contributed by atoms with van der Waals surface area (Å²) in [6.45, 7) is 5.48. The fraction of sp³-hybridized carbons (Fsp3) is 0.538. The van der Waals surface area contributed by atoms with E-state index in [-0.39, 0.29) is 12.1 Å². The molecule has 0 heterocycles. The van der Waals surface area contributed by atoms with E-state index in [2.05, 4.69) is 17.4 Å². The number of hydrogen-bond acceptors (Lipinski definition) is 3. The maximum atomic E-state index is 9.13. The summed E-state index contributed by atoms with van der Waals surface area (Å²) in [5.74, 6) is 0. The molecule has 0 saturated carbocycles. The van der Waals surface area contributed by atoms with Crippen LogP contribution >= 0.6 is 0 Å². The number of benzene rings is 1. The minimum atomic E-state index is -0.239. The predicted molar refractivity (Wildman–Crippen MR) is 65.2 cm³/mol. The molecule has 0 spiro atoms. The molecule has 90 valence electrons. The van der Waals surface area contributed by atoms with Crippen LogP contribution in [0.1, 0.15) is 25.0 Å². The van der Waals surface area contributed by atoms with Gasteiger partial charge in [-0.2, -0.15) is 0 Å². The Morgan fingerprint density at radius 3 is 2.62 bits per heavy atom. The first-order valence-electron chi connectivity index (χ1n) is 5.50. The zero-order valence-electron chi connectivity index (χ0n) is 10.3. The van der Waals surface area contributed by atoms with E-state index in [1.165, 1.54) is 11.1 Å². The smallest absolute Gasteiger partial charge is 0.0713 e. The molecular formula is C13H21NO2. The molecule has 0 aromatic heterocycles. The zero-order chi connectivity index (χ0) is 12.0. The van der Waals surface area contributed by atoms with Gasteiger partial charge in [0.15, 0.2) is 0 Å². The second kappa shape index (κ2) is 5.99. The maximum Gasteiger partial charge on any atom is 0.0713 e. The molecule has 3 heteroatoms. The number of aliphatic hydroxyl groups excluding tert-OH is 1. The van der Waals surface area contributed by atoms with E-state index >= 15 is 0 Å². The summed E-state index contributed by atoms with van der Waals surface area (Å²) in [5.41, 5.74) is 2.14. The van der Waals surface area contributed by atoms with E-state index in [9.17, 15) is 0 Å². The van der Waals surface area contributed by atoms with Crippen molar-refractivity contribution in [1.29, 1.82) is 0 Å². The lowest BCUT2D eigenvalue weighted by Crippen LogP contribution is -2.42. The molecule has 1 aromatic rings. The summed E-state index contributed by atoms with van der Waals surface area (Å²) in [4.78, 5) is 0. The molecule has 1 rings (SSSR count). The van der Waals surface area contributed by atoms with Gasteiger partial charge in [-0.15, -0.1) is 0 Å². The Morgan fingerprint density at radius 2 is 2.00 bits per heavy atom. The summed E-state index contributed by atoms with van der Waals surface area (Å²) in [6.07, 6.45) is 0. The zero-order valence-corrected chi connectivity index (χ0v) is 10.3. The van der Waals surface area contributed by atoms with Gasteiger partial charge >= 0.3 is 0 Å². The number of rotatable bonds is 6. The number of methoxy groups -OCH3 is 1. The molecule has 0 aliphatic carbocycles. The Balaban J connectivity index is 2.57. The van der Waals surface area contributed by atoms with E-state index in [0.717, 1.165) is 6.54 Å². The molecule has 0 aliphatic rings. The highest BCUT2D eigenvalue weighted by molar-refractivity contribution is 5.23. The Kier molecular flexibility index (Phi) is 4.93. The topological polar surface area (TPSA) is 41.5 Å². The second-order valence-corrected chi connectivity index (χ2v) is 4.65. The fourth-order valence-corrected chi connectivity index (χ4v) is 1.39. The molecule has 0 fully saturated rings. The summed E-state index contributed by atoms with van der Waals surface area (Å²) >= 11 is 0. The molecule has 0 unspecified atom stereocenters. The van der Waals surface area contributed by atoms with E-state index in [4.69, 9.17) is 9.84 Å². The number of hydrogen-bond donors (Lipinski definition) is 2. The lowest BCUT2D eigenvalue weighted by atomic mass is 10.1. The van der Waals surface area contributed by atoms with Gasteiger partial charge < -0.3 is 15.2 Å². The molecule has 0 atom stereocenters. The normalized spacial score (nSPS) is 11.8. The van der Waals surface area contributed by atoms with Crippen molar-refractivity contribution in [2.24, 2.45) is 0 Å². The molecule has 1 aromatic carbocycles. The van der Waals surface area contributed by atoms with Crippen molar-refractivity contribution in [3.05, 3.63) is 35.4 Å². The highest BCUT2D eigenvalue weighted by atomic mass is 16.5. The number of ether oxygens (including phenoxy) is 1. The summed E-state index contributed by atoms with van der Waals surface area (Å²) in [5, 5.41) is 12.4. The molecule has 2 N–H and O–H groups in total. The number of nitrogens with one attached hydrogen (secondary N) is 1. The van der Waals surface area contributed by atoms with Crippen molar-refractivity contribution in [3.63, 3.8) is 0 Å². The van der Waals surface area contributed by atoms with Crippen LogP contribution in [0.15, 0.2) is 24.3 Å². The van der Waals surface area contributed by atoms with Gasteiger partial charge in [-0.1, -0.05) is 24.3 Å². The van der Waals surface area contributed by atoms with Crippen LogP contribution in [0.25, 0.3) is 0 Å². The van der Waals surface area contributed by atoms with Crippen molar-refractivity contribution in [2.45, 2.75) is 32.5 Å². The molecule has 3 nitrogen and oxygen atoms in total. The van der Waals surface area contributed by atoms with Crippen molar-refractivity contribution < 1.29 is 9.84 Å². The molecular weight excluding hydrogens is 202 g/mol. The van der Waals surface area contributed by atoms with E-state index in [0.29, 0.717) is 6.61 Å². The quantitative estimate of drug-likeness (QED) is 0.771. The standard InChI is InChI=1S/C13H21NO2/c1-13(2,10-15)14-8-11-5-4-6-12(7-11)9-16-3/h4-7,14-15H,8-10H2,1-3H3. The Bertz CT molecular complexity index is 323. The Labute approximate surface area is 97.4 Å². The average Bonchev–Trinajstić information content (AvgIpc) is 2.28. The van der Waals surface area contributed by atoms with Gasteiger partial charge in [0.25, 0.3) is 0 Å². The summed E-state index contributed by atoms with van der Waals surface area (Å²) in [6, 6.07) is 8.26. The van der Waals surface area contributed by atoms with E-state index in [1.807, 2.05) is 26.0 Å². The van der Waals surface area contributed by atoms with Gasteiger partial charge in [-0.3, -0.25) is 0 Å². The Morgan fingerprint density at radius 1 is 1.31 bits per heavy atom. The second-order valence-electron chi connectivity index (χ2n) is 4.65. The highest BCUT2D eigenvalue weighted by Crippen LogP contribution is 2.08. The van der Waals surface area contributed by atoms with Crippen molar-refractivity contribution >= 4 is 0 Å². The maximum absolute atomic E-state index is 9.13. The van der Waals surface area contributed by atoms with Crippen LogP contribution in [0.3, 0.4) is 0 Å². The van der Waals surface area contributed by atoms with Gasteiger partial charge in [0.2, 0.25) is 0 Å². The van der Waals surface area contributed by atoms with Gasteiger partial charge in [0.05, 0.1) is 13.2 Å². The van der Waals surface area contributed by atoms with Crippen LogP contribution in [0.2, 0.25) is 0 Å². The van der Waals surface area contributed by atoms with Crippen LogP contribution in [-0.2, 0) is 17.9 Å². The molecule has 0 amide bonds. The van der Waals surface area contributed by atoms with E-state index < -0.39 is 0 Å². The molecule has 0 bridgehead atoms. The van der Waals surface area contributed by atoms with Gasteiger partial charge in [0.1, 0.15) is 0 Å². The fourth-order valence-electron chi connectivity index (χ4n) is 1.39. The van der Waals surface area contributed by atoms with Crippen LogP contribution in [0, 0.1) is 0 Å². The van der Waals surface area contributed by atoms with Crippen LogP contribution in [0.4, 0.5) is 0 Å². The highest BCUT2D eigenvalue weighted by Gasteiger charge is 2.14. The number of aliphatic hydroxyl groups is 1. The summed E-state index contributed by atoms with van der Waals surface area (Å²) in [7, 11) is 1.69. The first kappa shape index (κ1) is 13.2. The third-order valence-electron chi connectivity index (χ3n) is 2.47. The molecule has 0 radical (unpaired) electrons. The largest absolute Gasteiger partial charge is 0.394 e. The van der Waals surface area contributed by atoms with Gasteiger partial charge in [-0.05, 0) is 25.0 Å². The minimum absolute atomic E-state index is 0.130. The lowest BCUT2D eigenvalue weighted by Gasteiger charge is -2.23. The van der Waals surface area contributed by atoms with Gasteiger partial charge in [-0.25, -0.2) is 0 Å². The van der Waals surface area contributed by atoms with Crippen LogP contribution < -0.4 is 5.32 Å². The molecule has 0 aliphatic heterocycles. The average molecular weight is 223 g/mol. The van der Waals surface area contributed by atoms with Crippen LogP contribution in [0.5, 0.6) is 0 Å². The monoisotopic (exact) mass is 223 g/mol. The predicted octanol–water partition coefficient (Wildman–Crippen LogP) is 1.69. The minimum Gasteiger partial charge on any atom is -0.394 e. The molecule has 16 heavy (non-hydrogen) atoms. The summed E-state index contributed by atoms with van der Waals surface area (Å²) < 4.78 is 5.09. The first-order valence-corrected chi connectivity index (χ1v) is 5.50. The van der Waals surface area contributed by atoms with Gasteiger partial charge in [0, 0.05) is 19.2 Å². The van der Waals surface area contributed by atoms with E-state index in [1.54, 1.807) is 7.11 Å². The van der Waals surface area contributed by atoms with Crippen LogP contribution in [-0.4, -0.2) is 24.4 Å². The Hall–Kier alpha value is -0.900. The lowest BCUT2D eigenvalue weighted by molar-refractivity contribution is 0.184. The first-order chi connectivity index (χ1) is 7.57. The van der Waals surface area contributed by atoms with Crippen molar-refractivity contribution in [1.82, 2.24) is 5.32 Å².